The van der Waals surface area contributed by atoms with Gasteiger partial charge in [-0.1, -0.05) is 12.1 Å². The van der Waals surface area contributed by atoms with Crippen LogP contribution in [0.1, 0.15) is 18.4 Å². The highest BCUT2D eigenvalue weighted by molar-refractivity contribution is 9.10. The minimum Gasteiger partial charge on any atom is -0.387 e. The minimum atomic E-state index is -0.217. The van der Waals surface area contributed by atoms with E-state index < -0.39 is 0 Å². The van der Waals surface area contributed by atoms with Gasteiger partial charge in [-0.05, 0) is 53.5 Å². The molecule has 0 unspecified atom stereocenters. The lowest BCUT2D eigenvalue weighted by Crippen LogP contribution is -2.37. The molecule has 0 radical (unpaired) electrons. The molecule has 5 heteroatoms. The molecule has 18 heavy (non-hydrogen) atoms. The van der Waals surface area contributed by atoms with Gasteiger partial charge in [0.25, 0.3) is 0 Å². The molecule has 1 aromatic carbocycles. The molecule has 1 fully saturated rings. The molecule has 0 amide bonds. The fourth-order valence-corrected chi connectivity index (χ4v) is 2.70. The maximum absolute atomic E-state index is 13.4. The average Bonchev–Trinajstić information content (AvgIpc) is 2.36. The van der Waals surface area contributed by atoms with Gasteiger partial charge in [0, 0.05) is 12.5 Å². The summed E-state index contributed by atoms with van der Waals surface area (Å²) in [7, 11) is 0. The zero-order valence-corrected chi connectivity index (χ0v) is 11.7. The van der Waals surface area contributed by atoms with Crippen LogP contribution in [0.15, 0.2) is 22.7 Å². The number of nitrogens with zero attached hydrogens (tertiary/aromatic N) is 1. The number of rotatable bonds is 3. The summed E-state index contributed by atoms with van der Waals surface area (Å²) in [6.45, 7) is 2.56. The molecular formula is C13H17BrFN3. The number of nitrogens with two attached hydrogens (primary N) is 1. The summed E-state index contributed by atoms with van der Waals surface area (Å²) < 4.78 is 13.9. The van der Waals surface area contributed by atoms with E-state index in [0.717, 1.165) is 38.0 Å². The number of nitrogens with one attached hydrogen (secondary N) is 1. The van der Waals surface area contributed by atoms with Gasteiger partial charge < -0.3 is 5.73 Å². The van der Waals surface area contributed by atoms with Crippen molar-refractivity contribution < 1.29 is 4.39 Å². The molecule has 1 saturated heterocycles. The van der Waals surface area contributed by atoms with Crippen molar-refractivity contribution in [2.24, 2.45) is 11.7 Å². The standard InChI is InChI=1S/C13H17BrFN3/c14-12-10(2-1-3-11(12)15)8-18-6-4-9(5-7-18)13(16)17/h1-3,9H,4-8H2,(H3,16,17). The van der Waals surface area contributed by atoms with Crippen molar-refractivity contribution in [1.29, 1.82) is 5.41 Å². The Bertz CT molecular complexity index is 442. The van der Waals surface area contributed by atoms with Crippen LogP contribution in [-0.4, -0.2) is 23.8 Å². The zero-order valence-electron chi connectivity index (χ0n) is 10.1. The van der Waals surface area contributed by atoms with Gasteiger partial charge >= 0.3 is 0 Å². The lowest BCUT2D eigenvalue weighted by atomic mass is 9.95. The molecule has 3 nitrogen and oxygen atoms in total. The third-order valence-electron chi connectivity index (χ3n) is 3.45. The lowest BCUT2D eigenvalue weighted by Gasteiger charge is -2.31. The van der Waals surface area contributed by atoms with Crippen molar-refractivity contribution in [3.63, 3.8) is 0 Å². The van der Waals surface area contributed by atoms with E-state index in [4.69, 9.17) is 11.1 Å². The van der Waals surface area contributed by atoms with E-state index in [1.807, 2.05) is 6.07 Å². The van der Waals surface area contributed by atoms with E-state index in [9.17, 15) is 4.39 Å². The summed E-state index contributed by atoms with van der Waals surface area (Å²) in [5.41, 5.74) is 6.49. The number of piperidine rings is 1. The average molecular weight is 314 g/mol. The molecule has 0 spiro atoms. The maximum atomic E-state index is 13.4. The van der Waals surface area contributed by atoms with E-state index in [0.29, 0.717) is 10.3 Å². The van der Waals surface area contributed by atoms with Crippen LogP contribution in [0.2, 0.25) is 0 Å². The monoisotopic (exact) mass is 313 g/mol. The Morgan fingerprint density at radius 3 is 2.72 bits per heavy atom. The van der Waals surface area contributed by atoms with Crippen LogP contribution in [0.3, 0.4) is 0 Å². The summed E-state index contributed by atoms with van der Waals surface area (Å²) in [5, 5.41) is 7.44. The van der Waals surface area contributed by atoms with E-state index in [-0.39, 0.29) is 11.7 Å². The molecule has 1 aliphatic heterocycles. The van der Waals surface area contributed by atoms with Gasteiger partial charge in [-0.2, -0.15) is 0 Å². The Kier molecular flexibility index (Phi) is 4.35. The fourth-order valence-electron chi connectivity index (χ4n) is 2.31. The Balaban J connectivity index is 1.96. The molecule has 2 rings (SSSR count). The second-order valence-corrected chi connectivity index (χ2v) is 5.51. The first-order chi connectivity index (χ1) is 8.58. The van der Waals surface area contributed by atoms with E-state index in [2.05, 4.69) is 20.8 Å². The van der Waals surface area contributed by atoms with Gasteiger partial charge in [0.05, 0.1) is 10.3 Å². The topological polar surface area (TPSA) is 53.1 Å². The van der Waals surface area contributed by atoms with Gasteiger partial charge in [0.2, 0.25) is 0 Å². The lowest BCUT2D eigenvalue weighted by molar-refractivity contribution is 0.200. The molecule has 3 N–H and O–H groups in total. The van der Waals surface area contributed by atoms with Crippen molar-refractivity contribution in [1.82, 2.24) is 4.90 Å². The van der Waals surface area contributed by atoms with Gasteiger partial charge in [0.1, 0.15) is 5.82 Å². The number of likely N-dealkylation sites (tertiary alicyclic amines) is 1. The van der Waals surface area contributed by atoms with Crippen LogP contribution in [0, 0.1) is 17.1 Å². The van der Waals surface area contributed by atoms with Crippen LogP contribution >= 0.6 is 15.9 Å². The van der Waals surface area contributed by atoms with Gasteiger partial charge in [-0.15, -0.1) is 0 Å². The Morgan fingerprint density at radius 2 is 2.11 bits per heavy atom. The van der Waals surface area contributed by atoms with Crippen molar-refractivity contribution >= 4 is 21.8 Å². The zero-order chi connectivity index (χ0) is 13.1. The number of benzene rings is 1. The summed E-state index contributed by atoms with van der Waals surface area (Å²) in [6, 6.07) is 5.12. The molecule has 1 aromatic rings. The smallest absolute Gasteiger partial charge is 0.137 e. The predicted octanol–water partition coefficient (Wildman–Crippen LogP) is 2.74. The molecule has 0 aromatic heterocycles. The SMILES string of the molecule is N=C(N)C1CCN(Cc2cccc(F)c2Br)CC1. The van der Waals surface area contributed by atoms with Crippen LogP contribution in [0.5, 0.6) is 0 Å². The van der Waals surface area contributed by atoms with Crippen LogP contribution in [0.4, 0.5) is 4.39 Å². The molecule has 0 saturated carbocycles. The van der Waals surface area contributed by atoms with Crippen LogP contribution < -0.4 is 5.73 Å². The molecule has 1 heterocycles. The first kappa shape index (κ1) is 13.5. The van der Waals surface area contributed by atoms with Gasteiger partial charge in [0.15, 0.2) is 0 Å². The summed E-state index contributed by atoms with van der Waals surface area (Å²) in [4.78, 5) is 2.28. The molecule has 0 bridgehead atoms. The van der Waals surface area contributed by atoms with Crippen molar-refractivity contribution in [3.05, 3.63) is 34.1 Å². The van der Waals surface area contributed by atoms with Gasteiger partial charge in [-0.25, -0.2) is 4.39 Å². The Morgan fingerprint density at radius 1 is 1.44 bits per heavy atom. The molecule has 0 atom stereocenters. The summed E-state index contributed by atoms with van der Waals surface area (Å²) in [6.07, 6.45) is 1.84. The van der Waals surface area contributed by atoms with E-state index >= 15 is 0 Å². The predicted molar refractivity (Wildman–Crippen MR) is 74.0 cm³/mol. The second-order valence-electron chi connectivity index (χ2n) is 4.72. The number of hydrogen-bond donors (Lipinski definition) is 2. The van der Waals surface area contributed by atoms with E-state index in [1.165, 1.54) is 6.07 Å². The number of hydrogen-bond acceptors (Lipinski definition) is 2. The highest BCUT2D eigenvalue weighted by Crippen LogP contribution is 2.24. The summed E-state index contributed by atoms with van der Waals surface area (Å²) in [5.74, 6) is 0.296. The highest BCUT2D eigenvalue weighted by atomic mass is 79.9. The van der Waals surface area contributed by atoms with Crippen molar-refractivity contribution in [3.8, 4) is 0 Å². The highest BCUT2D eigenvalue weighted by Gasteiger charge is 2.21. The normalized spacial score (nSPS) is 17.9. The Labute approximate surface area is 115 Å². The van der Waals surface area contributed by atoms with E-state index in [1.54, 1.807) is 6.07 Å². The van der Waals surface area contributed by atoms with Crippen molar-refractivity contribution in [2.45, 2.75) is 19.4 Å². The van der Waals surface area contributed by atoms with Crippen molar-refractivity contribution in [2.75, 3.05) is 13.1 Å². The first-order valence-corrected chi connectivity index (χ1v) is 6.86. The molecule has 0 aliphatic carbocycles. The fraction of sp³-hybridized carbons (Fsp3) is 0.462. The first-order valence-electron chi connectivity index (χ1n) is 6.07. The molecule has 98 valence electrons. The number of amidine groups is 1. The Hall–Kier alpha value is -0.940. The largest absolute Gasteiger partial charge is 0.387 e. The maximum Gasteiger partial charge on any atom is 0.137 e. The summed E-state index contributed by atoms with van der Waals surface area (Å²) >= 11 is 3.29. The van der Waals surface area contributed by atoms with Crippen LogP contribution in [-0.2, 0) is 6.54 Å². The third-order valence-corrected chi connectivity index (χ3v) is 4.34. The third kappa shape index (κ3) is 3.09. The minimum absolute atomic E-state index is 0.217. The van der Waals surface area contributed by atoms with Gasteiger partial charge in [-0.3, -0.25) is 10.3 Å². The van der Waals surface area contributed by atoms with Crippen LogP contribution in [0.25, 0.3) is 0 Å². The molecule has 1 aliphatic rings. The molecular weight excluding hydrogens is 297 g/mol. The second kappa shape index (κ2) is 5.80. The number of halogens is 2. The quantitative estimate of drug-likeness (QED) is 0.666.